The minimum absolute atomic E-state index is 0.134. The second kappa shape index (κ2) is 5.91. The van der Waals surface area contributed by atoms with Gasteiger partial charge in [-0.15, -0.1) is 0 Å². The van der Waals surface area contributed by atoms with Crippen molar-refractivity contribution in [2.45, 2.75) is 20.4 Å². The predicted octanol–water partition coefficient (Wildman–Crippen LogP) is 3.22. The molecule has 0 radical (unpaired) electrons. The van der Waals surface area contributed by atoms with Crippen LogP contribution in [0, 0.1) is 25.5 Å². The number of benzene rings is 2. The fraction of sp³-hybridized carbons (Fsp3) is 0.188. The lowest BCUT2D eigenvalue weighted by Gasteiger charge is -2.09. The minimum Gasteiger partial charge on any atom is -0.507 e. The van der Waals surface area contributed by atoms with Crippen molar-refractivity contribution in [3.8, 4) is 5.75 Å². The van der Waals surface area contributed by atoms with Crippen LogP contribution in [-0.4, -0.2) is 11.0 Å². The highest BCUT2D eigenvalue weighted by molar-refractivity contribution is 5.96. The molecule has 0 aliphatic heterocycles. The lowest BCUT2D eigenvalue weighted by Crippen LogP contribution is -2.23. The molecule has 5 heteroatoms. The maximum Gasteiger partial charge on any atom is 0.255 e. The molecule has 0 bridgehead atoms. The van der Waals surface area contributed by atoms with Gasteiger partial charge >= 0.3 is 0 Å². The van der Waals surface area contributed by atoms with Crippen LogP contribution in [0.3, 0.4) is 0 Å². The molecule has 0 saturated carbocycles. The number of phenols is 1. The van der Waals surface area contributed by atoms with Crippen molar-refractivity contribution in [2.75, 3.05) is 0 Å². The van der Waals surface area contributed by atoms with Crippen molar-refractivity contribution in [1.82, 2.24) is 5.32 Å². The van der Waals surface area contributed by atoms with E-state index in [1.165, 1.54) is 0 Å². The van der Waals surface area contributed by atoms with Crippen LogP contribution in [0.5, 0.6) is 5.75 Å². The largest absolute Gasteiger partial charge is 0.507 e. The number of aromatic hydroxyl groups is 1. The topological polar surface area (TPSA) is 49.3 Å². The Hall–Kier alpha value is -2.43. The Bertz CT molecular complexity index is 676. The minimum atomic E-state index is -0.605. The van der Waals surface area contributed by atoms with Gasteiger partial charge in [0.05, 0.1) is 5.56 Å². The molecule has 0 atom stereocenters. The van der Waals surface area contributed by atoms with Gasteiger partial charge in [0.1, 0.15) is 17.4 Å². The summed E-state index contributed by atoms with van der Waals surface area (Å²) in [5.74, 6) is -1.76. The third kappa shape index (κ3) is 3.37. The van der Waals surface area contributed by atoms with E-state index in [-0.39, 0.29) is 23.7 Å². The van der Waals surface area contributed by atoms with Crippen LogP contribution >= 0.6 is 0 Å². The van der Waals surface area contributed by atoms with E-state index < -0.39 is 11.7 Å². The SMILES string of the molecule is Cc1cc(CNC(=O)c2cc(F)ccc2O)cc(C)c1F. The maximum atomic E-state index is 13.5. The summed E-state index contributed by atoms with van der Waals surface area (Å²) in [5.41, 5.74) is 1.59. The van der Waals surface area contributed by atoms with E-state index in [9.17, 15) is 18.7 Å². The molecule has 0 aliphatic rings. The first kappa shape index (κ1) is 15.0. The predicted molar refractivity (Wildman–Crippen MR) is 75.1 cm³/mol. The Balaban J connectivity index is 2.13. The molecule has 1 amide bonds. The number of phenolic OH excluding ortho intramolecular Hbond substituents is 1. The molecule has 0 aromatic heterocycles. The first-order chi connectivity index (χ1) is 9.88. The van der Waals surface area contributed by atoms with Gasteiger partial charge in [-0.2, -0.15) is 0 Å². The maximum absolute atomic E-state index is 13.5. The van der Waals surface area contributed by atoms with Gasteiger partial charge in [-0.3, -0.25) is 4.79 Å². The molecule has 2 aromatic carbocycles. The number of carbonyl (C=O) groups is 1. The lowest BCUT2D eigenvalue weighted by molar-refractivity contribution is 0.0947. The summed E-state index contributed by atoms with van der Waals surface area (Å²) in [4.78, 5) is 11.9. The van der Waals surface area contributed by atoms with Crippen LogP contribution in [-0.2, 0) is 6.54 Å². The van der Waals surface area contributed by atoms with E-state index in [0.29, 0.717) is 11.1 Å². The first-order valence-electron chi connectivity index (χ1n) is 6.41. The Labute approximate surface area is 121 Å². The van der Waals surface area contributed by atoms with Crippen LogP contribution in [0.1, 0.15) is 27.0 Å². The van der Waals surface area contributed by atoms with Crippen LogP contribution in [0.25, 0.3) is 0 Å². The summed E-state index contributed by atoms with van der Waals surface area (Å²) in [6.07, 6.45) is 0. The van der Waals surface area contributed by atoms with Gasteiger partial charge in [0.2, 0.25) is 0 Å². The molecule has 2 rings (SSSR count). The van der Waals surface area contributed by atoms with Crippen molar-refractivity contribution in [3.05, 3.63) is 64.2 Å². The van der Waals surface area contributed by atoms with E-state index in [4.69, 9.17) is 0 Å². The second-order valence-corrected chi connectivity index (χ2v) is 4.89. The summed E-state index contributed by atoms with van der Waals surface area (Å²) < 4.78 is 26.6. The zero-order valence-corrected chi connectivity index (χ0v) is 11.7. The molecule has 110 valence electrons. The number of halogens is 2. The number of hydrogen-bond acceptors (Lipinski definition) is 2. The molecular formula is C16H15F2NO2. The van der Waals surface area contributed by atoms with Crippen LogP contribution in [0.2, 0.25) is 0 Å². The van der Waals surface area contributed by atoms with E-state index in [2.05, 4.69) is 5.32 Å². The monoisotopic (exact) mass is 291 g/mol. The molecule has 3 nitrogen and oxygen atoms in total. The molecule has 2 N–H and O–H groups in total. The summed E-state index contributed by atoms with van der Waals surface area (Å²) in [6.45, 7) is 3.45. The number of hydrogen-bond donors (Lipinski definition) is 2. The number of rotatable bonds is 3. The molecule has 0 fully saturated rings. The van der Waals surface area contributed by atoms with Gasteiger partial charge in [0, 0.05) is 6.54 Å². The second-order valence-electron chi connectivity index (χ2n) is 4.89. The van der Waals surface area contributed by atoms with E-state index in [1.54, 1.807) is 26.0 Å². The molecule has 0 aliphatic carbocycles. The molecule has 0 unspecified atom stereocenters. The highest BCUT2D eigenvalue weighted by Gasteiger charge is 2.12. The van der Waals surface area contributed by atoms with E-state index in [0.717, 1.165) is 23.8 Å². The standard InChI is InChI=1S/C16H15F2NO2/c1-9-5-11(6-10(2)15(9)18)8-19-16(21)13-7-12(17)3-4-14(13)20/h3-7,20H,8H2,1-2H3,(H,19,21). The highest BCUT2D eigenvalue weighted by atomic mass is 19.1. The lowest BCUT2D eigenvalue weighted by atomic mass is 10.1. The van der Waals surface area contributed by atoms with Crippen LogP contribution in [0.4, 0.5) is 8.78 Å². The van der Waals surface area contributed by atoms with Gasteiger partial charge in [0.25, 0.3) is 5.91 Å². The van der Waals surface area contributed by atoms with Crippen molar-refractivity contribution in [1.29, 1.82) is 0 Å². The summed E-state index contributed by atoms with van der Waals surface area (Å²) in [6, 6.07) is 6.42. The molecule has 0 spiro atoms. The molecule has 2 aromatic rings. The smallest absolute Gasteiger partial charge is 0.255 e. The van der Waals surface area contributed by atoms with Gasteiger partial charge < -0.3 is 10.4 Å². The fourth-order valence-corrected chi connectivity index (χ4v) is 2.11. The molecule has 21 heavy (non-hydrogen) atoms. The van der Waals surface area contributed by atoms with Crippen molar-refractivity contribution < 1.29 is 18.7 Å². The van der Waals surface area contributed by atoms with Crippen molar-refractivity contribution in [3.63, 3.8) is 0 Å². The van der Waals surface area contributed by atoms with Crippen LogP contribution in [0.15, 0.2) is 30.3 Å². The van der Waals surface area contributed by atoms with Gasteiger partial charge in [0.15, 0.2) is 0 Å². The average Bonchev–Trinajstić information content (AvgIpc) is 2.44. The van der Waals surface area contributed by atoms with E-state index >= 15 is 0 Å². The van der Waals surface area contributed by atoms with Gasteiger partial charge in [-0.1, -0.05) is 12.1 Å². The molecule has 0 heterocycles. The first-order valence-corrected chi connectivity index (χ1v) is 6.41. The summed E-state index contributed by atoms with van der Waals surface area (Å²) in [7, 11) is 0. The number of amides is 1. The Morgan fingerprint density at radius 3 is 2.38 bits per heavy atom. The average molecular weight is 291 g/mol. The third-order valence-corrected chi connectivity index (χ3v) is 3.15. The van der Waals surface area contributed by atoms with Crippen molar-refractivity contribution in [2.24, 2.45) is 0 Å². The molecular weight excluding hydrogens is 276 g/mol. The quantitative estimate of drug-likeness (QED) is 0.912. The fourth-order valence-electron chi connectivity index (χ4n) is 2.11. The number of aryl methyl sites for hydroxylation is 2. The van der Waals surface area contributed by atoms with Crippen LogP contribution < -0.4 is 5.32 Å². The number of nitrogens with one attached hydrogen (secondary N) is 1. The Morgan fingerprint density at radius 2 is 1.76 bits per heavy atom. The normalized spacial score (nSPS) is 10.5. The highest BCUT2D eigenvalue weighted by Crippen LogP contribution is 2.18. The van der Waals surface area contributed by atoms with Gasteiger partial charge in [-0.05, 0) is 48.7 Å². The molecule has 0 saturated heterocycles. The van der Waals surface area contributed by atoms with Gasteiger partial charge in [-0.25, -0.2) is 8.78 Å². The summed E-state index contributed by atoms with van der Waals surface area (Å²) in [5, 5.41) is 12.1. The summed E-state index contributed by atoms with van der Waals surface area (Å²) >= 11 is 0. The Kier molecular flexibility index (Phi) is 4.21. The zero-order chi connectivity index (χ0) is 15.6. The Morgan fingerprint density at radius 1 is 1.14 bits per heavy atom. The van der Waals surface area contributed by atoms with Crippen molar-refractivity contribution >= 4 is 5.91 Å². The zero-order valence-electron chi connectivity index (χ0n) is 11.7. The van der Waals surface area contributed by atoms with E-state index in [1.807, 2.05) is 0 Å². The third-order valence-electron chi connectivity index (χ3n) is 3.15. The number of carbonyl (C=O) groups excluding carboxylic acids is 1.